The fraction of sp³-hybridized carbons (Fsp3) is 0.571. The Labute approximate surface area is 118 Å². The highest BCUT2D eigenvalue weighted by molar-refractivity contribution is 5.76. The van der Waals surface area contributed by atoms with Crippen LogP contribution in [-0.2, 0) is 6.42 Å². The Kier molecular flexibility index (Phi) is 3.61. The third-order valence-electron chi connectivity index (χ3n) is 4.14. The predicted octanol–water partition coefficient (Wildman–Crippen LogP) is 1.58. The molecule has 0 aliphatic carbocycles. The summed E-state index contributed by atoms with van der Waals surface area (Å²) in [5.41, 5.74) is 12.4. The van der Waals surface area contributed by atoms with Crippen molar-refractivity contribution in [3.63, 3.8) is 0 Å². The summed E-state index contributed by atoms with van der Waals surface area (Å²) in [5, 5.41) is 14.2. The van der Waals surface area contributed by atoms with Gasteiger partial charge >= 0.3 is 0 Å². The second-order valence-electron chi connectivity index (χ2n) is 5.50. The fourth-order valence-corrected chi connectivity index (χ4v) is 2.94. The molecule has 0 unspecified atom stereocenters. The first-order chi connectivity index (χ1) is 9.78. The zero-order valence-corrected chi connectivity index (χ0v) is 11.5. The number of nitrogens with zero attached hydrogens (tertiary/aromatic N) is 3. The van der Waals surface area contributed by atoms with Crippen molar-refractivity contribution in [1.82, 2.24) is 9.99 Å². The van der Waals surface area contributed by atoms with Crippen molar-refractivity contribution in [3.05, 3.63) is 11.8 Å². The Morgan fingerprint density at radius 2 is 2.30 bits per heavy atom. The summed E-state index contributed by atoms with van der Waals surface area (Å²) in [4.78, 5) is 4.32. The van der Waals surface area contributed by atoms with Gasteiger partial charge in [-0.25, -0.2) is 9.99 Å². The molecule has 6 heteroatoms. The molecule has 2 aliphatic heterocycles. The minimum atomic E-state index is 0.542. The number of nitrogens with two attached hydrogens (primary N) is 1. The average molecular weight is 272 g/mol. The van der Waals surface area contributed by atoms with E-state index in [1.165, 1.54) is 5.56 Å². The van der Waals surface area contributed by atoms with E-state index in [2.05, 4.69) is 26.8 Å². The molecule has 0 saturated carbocycles. The second-order valence-corrected chi connectivity index (χ2v) is 5.50. The van der Waals surface area contributed by atoms with E-state index in [1.54, 1.807) is 6.20 Å². The molecule has 0 aromatic carbocycles. The summed E-state index contributed by atoms with van der Waals surface area (Å²) < 4.78 is 0. The van der Waals surface area contributed by atoms with Crippen LogP contribution in [0.4, 0.5) is 17.2 Å². The lowest BCUT2D eigenvalue weighted by molar-refractivity contribution is 0.219. The van der Waals surface area contributed by atoms with Gasteiger partial charge < -0.3 is 16.5 Å². The maximum Gasteiger partial charge on any atom is 0.131 e. The molecule has 20 heavy (non-hydrogen) atoms. The van der Waals surface area contributed by atoms with Gasteiger partial charge in [0.2, 0.25) is 0 Å². The van der Waals surface area contributed by atoms with Gasteiger partial charge in [0.05, 0.1) is 23.6 Å². The molecule has 1 aromatic heterocycles. The molecule has 1 aromatic rings. The molecule has 2 aliphatic rings. The van der Waals surface area contributed by atoms with E-state index < -0.39 is 0 Å². The highest BCUT2D eigenvalue weighted by Crippen LogP contribution is 2.33. The van der Waals surface area contributed by atoms with Gasteiger partial charge in [-0.1, -0.05) is 0 Å². The fourth-order valence-electron chi connectivity index (χ4n) is 2.94. The highest BCUT2D eigenvalue weighted by atomic mass is 15.5. The first-order valence-corrected chi connectivity index (χ1v) is 7.17. The molecule has 6 nitrogen and oxygen atoms in total. The van der Waals surface area contributed by atoms with Gasteiger partial charge in [0.1, 0.15) is 5.82 Å². The van der Waals surface area contributed by atoms with E-state index >= 15 is 0 Å². The number of nitrogen functional groups attached to an aromatic ring is 1. The quantitative estimate of drug-likeness (QED) is 0.774. The third kappa shape index (κ3) is 2.49. The number of anilines is 3. The first-order valence-electron chi connectivity index (χ1n) is 7.17. The molecule has 4 N–H and O–H groups in total. The second kappa shape index (κ2) is 5.55. The highest BCUT2D eigenvalue weighted by Gasteiger charge is 2.22. The van der Waals surface area contributed by atoms with Crippen molar-refractivity contribution in [1.29, 1.82) is 5.26 Å². The van der Waals surface area contributed by atoms with Crippen LogP contribution < -0.4 is 16.5 Å². The molecule has 3 rings (SSSR count). The average Bonchev–Trinajstić information content (AvgIpc) is 2.93. The number of hydrogen-bond donors (Lipinski definition) is 3. The normalized spacial score (nSPS) is 19.1. The summed E-state index contributed by atoms with van der Waals surface area (Å²) in [6.07, 6.45) is 5.46. The van der Waals surface area contributed by atoms with E-state index in [-0.39, 0.29) is 0 Å². The number of pyridine rings is 1. The van der Waals surface area contributed by atoms with Gasteiger partial charge in [0.15, 0.2) is 0 Å². The van der Waals surface area contributed by atoms with Gasteiger partial charge in [-0.3, -0.25) is 0 Å². The van der Waals surface area contributed by atoms with E-state index in [4.69, 9.17) is 11.0 Å². The number of hydrazine groups is 1. The van der Waals surface area contributed by atoms with Gasteiger partial charge in [0, 0.05) is 31.6 Å². The van der Waals surface area contributed by atoms with Crippen LogP contribution >= 0.6 is 0 Å². The summed E-state index contributed by atoms with van der Waals surface area (Å²) in [6.45, 7) is 2.83. The largest absolute Gasteiger partial charge is 0.396 e. The number of piperidine rings is 1. The predicted molar refractivity (Wildman–Crippen MR) is 79.0 cm³/mol. The van der Waals surface area contributed by atoms with Crippen LogP contribution in [0.3, 0.4) is 0 Å². The van der Waals surface area contributed by atoms with Crippen LogP contribution in [0.1, 0.15) is 24.8 Å². The van der Waals surface area contributed by atoms with E-state index in [9.17, 15) is 0 Å². The molecule has 106 valence electrons. The van der Waals surface area contributed by atoms with Crippen molar-refractivity contribution in [2.45, 2.75) is 25.7 Å². The van der Waals surface area contributed by atoms with Crippen LogP contribution in [-0.4, -0.2) is 29.6 Å². The van der Waals surface area contributed by atoms with Gasteiger partial charge in [0.25, 0.3) is 0 Å². The molecule has 0 amide bonds. The number of nitrogens with one attached hydrogen (secondary N) is 2. The molecule has 3 heterocycles. The summed E-state index contributed by atoms with van der Waals surface area (Å²) in [5.74, 6) is 1.49. The first kappa shape index (κ1) is 13.0. The summed E-state index contributed by atoms with van der Waals surface area (Å²) in [7, 11) is 0. The topological polar surface area (TPSA) is 90.0 Å². The number of aromatic nitrogens is 1. The molecular weight excluding hydrogens is 252 g/mol. The Bertz CT molecular complexity index is 527. The number of nitriles is 1. The van der Waals surface area contributed by atoms with Crippen LogP contribution in [0.2, 0.25) is 0 Å². The molecule has 0 radical (unpaired) electrons. The molecule has 0 bridgehead atoms. The van der Waals surface area contributed by atoms with Crippen molar-refractivity contribution in [3.8, 4) is 6.07 Å². The van der Waals surface area contributed by atoms with E-state index in [0.29, 0.717) is 18.0 Å². The smallest absolute Gasteiger partial charge is 0.131 e. The lowest BCUT2D eigenvalue weighted by Gasteiger charge is -2.32. The minimum Gasteiger partial charge on any atom is -0.396 e. The van der Waals surface area contributed by atoms with Gasteiger partial charge in [-0.05, 0) is 25.2 Å². The Hall–Kier alpha value is -2.00. The van der Waals surface area contributed by atoms with Crippen molar-refractivity contribution in [2.24, 2.45) is 5.92 Å². The van der Waals surface area contributed by atoms with Crippen LogP contribution in [0.5, 0.6) is 0 Å². The molecule has 1 saturated heterocycles. The van der Waals surface area contributed by atoms with Gasteiger partial charge in [-0.2, -0.15) is 5.26 Å². The lowest BCUT2D eigenvalue weighted by atomic mass is 9.95. The van der Waals surface area contributed by atoms with Crippen molar-refractivity contribution >= 4 is 17.2 Å². The minimum absolute atomic E-state index is 0.542. The van der Waals surface area contributed by atoms with E-state index in [0.717, 1.165) is 50.4 Å². The molecule has 0 atom stereocenters. The Balaban J connectivity index is 1.68. The zero-order chi connectivity index (χ0) is 13.9. The van der Waals surface area contributed by atoms with Crippen molar-refractivity contribution < 1.29 is 0 Å². The summed E-state index contributed by atoms with van der Waals surface area (Å²) >= 11 is 0. The third-order valence-corrected chi connectivity index (χ3v) is 4.14. The van der Waals surface area contributed by atoms with Crippen LogP contribution in [0.25, 0.3) is 0 Å². The maximum atomic E-state index is 8.75. The standard InChI is InChI=1S/C14H20N6/c15-5-1-10-3-7-20(8-4-10)19-13-11-2-6-17-14(11)18-9-12(13)16/h9-10H,1-4,6-8,16H2,(H2,17,18,19). The van der Waals surface area contributed by atoms with Crippen LogP contribution in [0.15, 0.2) is 6.20 Å². The number of rotatable bonds is 3. The number of fused-ring (bicyclic) bond motifs is 1. The van der Waals surface area contributed by atoms with Crippen molar-refractivity contribution in [2.75, 3.05) is 36.1 Å². The Morgan fingerprint density at radius 1 is 1.50 bits per heavy atom. The van der Waals surface area contributed by atoms with E-state index in [1.807, 2.05) is 0 Å². The Morgan fingerprint density at radius 3 is 3.05 bits per heavy atom. The monoisotopic (exact) mass is 272 g/mol. The SMILES string of the molecule is N#CCC1CCN(Nc2c(N)cnc3c2CCN3)CC1. The maximum absolute atomic E-state index is 8.75. The van der Waals surface area contributed by atoms with Gasteiger partial charge in [-0.15, -0.1) is 0 Å². The lowest BCUT2D eigenvalue weighted by Crippen LogP contribution is -2.38. The van der Waals surface area contributed by atoms with Crippen LogP contribution in [0, 0.1) is 17.2 Å². The molecule has 0 spiro atoms. The summed E-state index contributed by atoms with van der Waals surface area (Å²) in [6, 6.07) is 2.27. The zero-order valence-electron chi connectivity index (χ0n) is 11.5. The molecular formula is C14H20N6. The molecule has 1 fully saturated rings. The number of hydrogen-bond acceptors (Lipinski definition) is 6.